The van der Waals surface area contributed by atoms with Crippen LogP contribution in [0.25, 0.3) is 0 Å². The summed E-state index contributed by atoms with van der Waals surface area (Å²) in [6.45, 7) is 2.26. The Hall–Kier alpha value is -2.60. The Morgan fingerprint density at radius 1 is 0.688 bits per heavy atom. The molecule has 0 aromatic heterocycles. The third kappa shape index (κ3) is 5.60. The first-order valence-corrected chi connectivity index (χ1v) is 13.0. The average molecular weight is 458 g/mol. The van der Waals surface area contributed by atoms with Crippen LogP contribution in [0.15, 0.2) is 103 Å². The molecular formula is C29H29ClNP. The predicted molar refractivity (Wildman–Crippen MR) is 143 cm³/mol. The van der Waals surface area contributed by atoms with E-state index in [9.17, 15) is 0 Å². The Labute approximate surface area is 198 Å². The van der Waals surface area contributed by atoms with Gasteiger partial charge in [-0.2, -0.15) is 0 Å². The van der Waals surface area contributed by atoms with Gasteiger partial charge < -0.3 is 5.32 Å². The number of aryl methyl sites for hydroxylation is 1. The van der Waals surface area contributed by atoms with E-state index in [-0.39, 0.29) is 0 Å². The summed E-state index contributed by atoms with van der Waals surface area (Å²) in [4.78, 5) is 0. The summed E-state index contributed by atoms with van der Waals surface area (Å²) in [5.74, 6) is 0. The number of unbranched alkanes of at least 4 members (excludes halogenated alkanes) is 2. The van der Waals surface area contributed by atoms with Crippen LogP contribution in [0.2, 0.25) is 5.02 Å². The van der Waals surface area contributed by atoms with Gasteiger partial charge in [-0.25, -0.2) is 0 Å². The molecule has 0 unspecified atom stereocenters. The van der Waals surface area contributed by atoms with Gasteiger partial charge in [0.15, 0.2) is 0 Å². The highest BCUT2D eigenvalue weighted by Gasteiger charge is 2.21. The number of para-hydroxylation sites is 1. The maximum Gasteiger partial charge on any atom is 0.0501 e. The van der Waals surface area contributed by atoms with Crippen LogP contribution in [0.1, 0.15) is 31.7 Å². The third-order valence-corrected chi connectivity index (χ3v) is 8.30. The lowest BCUT2D eigenvalue weighted by Crippen LogP contribution is -2.23. The Morgan fingerprint density at radius 2 is 1.31 bits per heavy atom. The van der Waals surface area contributed by atoms with E-state index in [1.807, 2.05) is 12.1 Å². The number of hydrogen-bond donors (Lipinski definition) is 1. The smallest absolute Gasteiger partial charge is 0.0501 e. The molecule has 1 N–H and O–H groups in total. The Balaban J connectivity index is 1.84. The van der Waals surface area contributed by atoms with Crippen LogP contribution < -0.4 is 21.2 Å². The van der Waals surface area contributed by atoms with Crippen molar-refractivity contribution in [3.63, 3.8) is 0 Å². The van der Waals surface area contributed by atoms with E-state index in [0.717, 1.165) is 17.1 Å². The highest BCUT2D eigenvalue weighted by Crippen LogP contribution is 2.38. The molecule has 0 bridgehead atoms. The molecule has 0 aliphatic heterocycles. The molecule has 4 rings (SSSR count). The number of anilines is 2. The molecule has 162 valence electrons. The van der Waals surface area contributed by atoms with E-state index in [1.165, 1.54) is 46.4 Å². The highest BCUT2D eigenvalue weighted by molar-refractivity contribution is 7.80. The van der Waals surface area contributed by atoms with E-state index in [4.69, 9.17) is 11.6 Å². The SMILES string of the molecule is CCCCCc1cccc(P(c2ccccc2)c2ccccc2)c1Nc1ccc(Cl)cc1. The number of rotatable bonds is 9. The second-order valence-electron chi connectivity index (χ2n) is 7.91. The molecule has 0 atom stereocenters. The fourth-order valence-electron chi connectivity index (χ4n) is 3.95. The topological polar surface area (TPSA) is 12.0 Å². The van der Waals surface area contributed by atoms with E-state index in [0.29, 0.717) is 0 Å². The molecular weight excluding hydrogens is 429 g/mol. The van der Waals surface area contributed by atoms with Crippen molar-refractivity contribution in [2.75, 3.05) is 5.32 Å². The molecule has 0 aliphatic carbocycles. The van der Waals surface area contributed by atoms with Crippen LogP contribution >= 0.6 is 19.5 Å². The minimum atomic E-state index is -0.693. The van der Waals surface area contributed by atoms with Gasteiger partial charge in [-0.3, -0.25) is 0 Å². The first-order valence-electron chi connectivity index (χ1n) is 11.3. The van der Waals surface area contributed by atoms with E-state index in [2.05, 4.69) is 103 Å². The number of nitrogens with one attached hydrogen (secondary N) is 1. The maximum absolute atomic E-state index is 6.15. The van der Waals surface area contributed by atoms with Crippen LogP contribution in [0.5, 0.6) is 0 Å². The lowest BCUT2D eigenvalue weighted by Gasteiger charge is -2.25. The lowest BCUT2D eigenvalue weighted by molar-refractivity contribution is 0.718. The van der Waals surface area contributed by atoms with Crippen LogP contribution in [0.4, 0.5) is 11.4 Å². The minimum absolute atomic E-state index is 0.693. The Morgan fingerprint density at radius 3 is 1.91 bits per heavy atom. The molecule has 4 aromatic carbocycles. The summed E-state index contributed by atoms with van der Waals surface area (Å²) in [7, 11) is -0.693. The van der Waals surface area contributed by atoms with E-state index < -0.39 is 7.92 Å². The summed E-state index contributed by atoms with van der Waals surface area (Å²) < 4.78 is 0. The third-order valence-electron chi connectivity index (χ3n) is 5.56. The van der Waals surface area contributed by atoms with Gasteiger partial charge in [-0.15, -0.1) is 0 Å². The summed E-state index contributed by atoms with van der Waals surface area (Å²) >= 11 is 6.15. The number of hydrogen-bond acceptors (Lipinski definition) is 1. The van der Waals surface area contributed by atoms with Gasteiger partial charge in [0.25, 0.3) is 0 Å². The molecule has 0 radical (unpaired) electrons. The molecule has 32 heavy (non-hydrogen) atoms. The normalized spacial score (nSPS) is 11.0. The molecule has 0 aliphatic rings. The highest BCUT2D eigenvalue weighted by atomic mass is 35.5. The average Bonchev–Trinajstić information content (AvgIpc) is 2.84. The standard InChI is InChI=1S/C29H29ClNP/c1-2-3-6-12-23-13-11-18-28(29(23)31-25-21-19-24(30)20-22-25)32(26-14-7-4-8-15-26)27-16-9-5-10-17-27/h4-5,7-11,13-22,31H,2-3,6,12H2,1H3. The van der Waals surface area contributed by atoms with Crippen molar-refractivity contribution in [2.45, 2.75) is 32.6 Å². The minimum Gasteiger partial charge on any atom is -0.355 e. The van der Waals surface area contributed by atoms with Gasteiger partial charge in [0.1, 0.15) is 0 Å². The summed E-state index contributed by atoms with van der Waals surface area (Å²) in [5, 5.41) is 8.61. The van der Waals surface area contributed by atoms with Gasteiger partial charge in [-0.05, 0) is 61.2 Å². The Kier molecular flexibility index (Phi) is 7.99. The van der Waals surface area contributed by atoms with Crippen molar-refractivity contribution < 1.29 is 0 Å². The van der Waals surface area contributed by atoms with Crippen molar-refractivity contribution >= 4 is 46.8 Å². The zero-order valence-corrected chi connectivity index (χ0v) is 20.1. The quantitative estimate of drug-likeness (QED) is 0.202. The van der Waals surface area contributed by atoms with Gasteiger partial charge in [0.2, 0.25) is 0 Å². The van der Waals surface area contributed by atoms with E-state index >= 15 is 0 Å². The molecule has 4 aromatic rings. The van der Waals surface area contributed by atoms with Crippen LogP contribution in [-0.4, -0.2) is 0 Å². The molecule has 0 spiro atoms. The van der Waals surface area contributed by atoms with Crippen molar-refractivity contribution in [2.24, 2.45) is 0 Å². The lowest BCUT2D eigenvalue weighted by atomic mass is 10.0. The second-order valence-corrected chi connectivity index (χ2v) is 10.5. The first-order chi connectivity index (χ1) is 15.8. The van der Waals surface area contributed by atoms with Crippen molar-refractivity contribution in [1.29, 1.82) is 0 Å². The van der Waals surface area contributed by atoms with Crippen LogP contribution in [0, 0.1) is 0 Å². The molecule has 3 heteroatoms. The van der Waals surface area contributed by atoms with Gasteiger partial charge in [-0.1, -0.05) is 110 Å². The van der Waals surface area contributed by atoms with Gasteiger partial charge in [0.05, 0.1) is 5.69 Å². The molecule has 0 amide bonds. The van der Waals surface area contributed by atoms with Gasteiger partial charge in [0, 0.05) is 16.0 Å². The predicted octanol–water partition coefficient (Wildman–Crippen LogP) is 7.57. The van der Waals surface area contributed by atoms with Crippen LogP contribution in [-0.2, 0) is 6.42 Å². The van der Waals surface area contributed by atoms with Crippen molar-refractivity contribution in [3.05, 3.63) is 114 Å². The zero-order chi connectivity index (χ0) is 22.2. The van der Waals surface area contributed by atoms with Crippen molar-refractivity contribution in [1.82, 2.24) is 0 Å². The van der Waals surface area contributed by atoms with Gasteiger partial charge >= 0.3 is 0 Å². The zero-order valence-electron chi connectivity index (χ0n) is 18.5. The maximum atomic E-state index is 6.15. The fraction of sp³-hybridized carbons (Fsp3) is 0.172. The summed E-state index contributed by atoms with van der Waals surface area (Å²) in [5.41, 5.74) is 3.68. The number of benzene rings is 4. The monoisotopic (exact) mass is 457 g/mol. The summed E-state index contributed by atoms with van der Waals surface area (Å²) in [6, 6.07) is 36.6. The molecule has 0 fully saturated rings. The largest absolute Gasteiger partial charge is 0.355 e. The molecule has 1 nitrogen and oxygen atoms in total. The summed E-state index contributed by atoms with van der Waals surface area (Å²) in [6.07, 6.45) is 4.74. The number of halogens is 1. The van der Waals surface area contributed by atoms with E-state index in [1.54, 1.807) is 0 Å². The molecule has 0 saturated heterocycles. The van der Waals surface area contributed by atoms with Crippen molar-refractivity contribution in [3.8, 4) is 0 Å². The molecule has 0 saturated carbocycles. The first kappa shape index (κ1) is 22.6. The second kappa shape index (κ2) is 11.3. The molecule has 0 heterocycles. The van der Waals surface area contributed by atoms with Crippen LogP contribution in [0.3, 0.4) is 0 Å². The Bertz CT molecular complexity index is 1070. The fourth-order valence-corrected chi connectivity index (χ4v) is 6.53.